The number of halogens is 3. The highest BCUT2D eigenvalue weighted by Gasteiger charge is 2.33. The molecule has 112 valence electrons. The average molecular weight is 290 g/mol. The van der Waals surface area contributed by atoms with Crippen molar-refractivity contribution in [2.45, 2.75) is 25.6 Å². The number of nitrogen functional groups attached to an aromatic ring is 1. The number of anilines is 2. The molecule has 0 bridgehead atoms. The predicted molar refractivity (Wildman–Crippen MR) is 69.0 cm³/mol. The highest BCUT2D eigenvalue weighted by Crippen LogP contribution is 2.33. The number of hydrogen-bond acceptors (Lipinski definition) is 5. The summed E-state index contributed by atoms with van der Waals surface area (Å²) in [5, 5.41) is 9.67. The number of piperidine rings is 1. The number of hydrogen-bond donors (Lipinski definition) is 3. The maximum atomic E-state index is 12.8. The van der Waals surface area contributed by atoms with Crippen molar-refractivity contribution in [3.8, 4) is 0 Å². The summed E-state index contributed by atoms with van der Waals surface area (Å²) in [7, 11) is 0. The first-order valence-electron chi connectivity index (χ1n) is 6.30. The minimum Gasteiger partial charge on any atom is -0.393 e. The zero-order chi connectivity index (χ0) is 14.9. The molecule has 0 aromatic carbocycles. The van der Waals surface area contributed by atoms with Gasteiger partial charge in [0.1, 0.15) is 11.6 Å². The normalized spacial score (nSPS) is 23.8. The van der Waals surface area contributed by atoms with E-state index in [-0.39, 0.29) is 17.6 Å². The summed E-state index contributed by atoms with van der Waals surface area (Å²) in [6, 6.07) is 1.87. The van der Waals surface area contributed by atoms with Gasteiger partial charge < -0.3 is 15.4 Å². The van der Waals surface area contributed by atoms with E-state index in [4.69, 9.17) is 5.84 Å². The van der Waals surface area contributed by atoms with Crippen LogP contribution < -0.4 is 16.2 Å². The van der Waals surface area contributed by atoms with Crippen LogP contribution in [-0.4, -0.2) is 29.3 Å². The lowest BCUT2D eigenvalue weighted by Crippen LogP contribution is -2.42. The Bertz CT molecular complexity index is 480. The second-order valence-electron chi connectivity index (χ2n) is 5.02. The molecule has 2 rings (SSSR count). The van der Waals surface area contributed by atoms with Gasteiger partial charge in [-0.25, -0.2) is 10.8 Å². The van der Waals surface area contributed by atoms with Crippen LogP contribution >= 0.6 is 0 Å². The van der Waals surface area contributed by atoms with E-state index in [1.165, 1.54) is 0 Å². The first kappa shape index (κ1) is 14.9. The summed E-state index contributed by atoms with van der Waals surface area (Å²) in [6.45, 7) is 2.77. The van der Waals surface area contributed by atoms with Crippen LogP contribution in [0, 0.1) is 5.92 Å². The highest BCUT2D eigenvalue weighted by molar-refractivity contribution is 5.51. The van der Waals surface area contributed by atoms with Crippen molar-refractivity contribution in [3.05, 3.63) is 17.7 Å². The van der Waals surface area contributed by atoms with Crippen LogP contribution in [0.5, 0.6) is 0 Å². The van der Waals surface area contributed by atoms with E-state index in [0.717, 1.165) is 12.1 Å². The monoisotopic (exact) mass is 290 g/mol. The lowest BCUT2D eigenvalue weighted by Gasteiger charge is -2.35. The Morgan fingerprint density at radius 3 is 2.70 bits per heavy atom. The van der Waals surface area contributed by atoms with Crippen LogP contribution in [0.4, 0.5) is 24.8 Å². The summed E-state index contributed by atoms with van der Waals surface area (Å²) in [6.07, 6.45) is -4.38. The number of alkyl halides is 3. The molecule has 0 spiro atoms. The third kappa shape index (κ3) is 3.13. The lowest BCUT2D eigenvalue weighted by atomic mass is 9.97. The molecule has 1 aromatic heterocycles. The van der Waals surface area contributed by atoms with E-state index in [1.54, 1.807) is 4.90 Å². The number of aliphatic hydroxyl groups excluding tert-OH is 1. The third-order valence-electron chi connectivity index (χ3n) is 3.47. The van der Waals surface area contributed by atoms with E-state index < -0.39 is 17.8 Å². The van der Waals surface area contributed by atoms with Crippen LogP contribution in [-0.2, 0) is 6.18 Å². The van der Waals surface area contributed by atoms with Crippen LogP contribution in [0.2, 0.25) is 0 Å². The van der Waals surface area contributed by atoms with E-state index >= 15 is 0 Å². The highest BCUT2D eigenvalue weighted by atomic mass is 19.4. The number of aliphatic hydroxyl groups is 1. The summed E-state index contributed by atoms with van der Waals surface area (Å²) in [4.78, 5) is 5.79. The third-order valence-corrected chi connectivity index (χ3v) is 3.47. The first-order valence-corrected chi connectivity index (χ1v) is 6.30. The zero-order valence-corrected chi connectivity index (χ0v) is 11.0. The standard InChI is InChI=1S/C12H17F3N4O/c1-7-6-19(3-2-9(7)20)11-5-8(12(13,14)15)4-10(17-11)18-16/h4-5,7,9,20H,2-3,6,16H2,1H3,(H,17,18). The molecule has 0 aliphatic carbocycles. The number of nitrogens with one attached hydrogen (secondary N) is 1. The number of nitrogens with two attached hydrogens (primary N) is 1. The fourth-order valence-corrected chi connectivity index (χ4v) is 2.26. The molecule has 0 saturated carbocycles. The van der Waals surface area contributed by atoms with Crippen molar-refractivity contribution in [2.75, 3.05) is 23.4 Å². The second-order valence-corrected chi connectivity index (χ2v) is 5.02. The van der Waals surface area contributed by atoms with Gasteiger partial charge in [0.15, 0.2) is 0 Å². The smallest absolute Gasteiger partial charge is 0.393 e. The largest absolute Gasteiger partial charge is 0.416 e. The van der Waals surface area contributed by atoms with Gasteiger partial charge in [-0.15, -0.1) is 0 Å². The van der Waals surface area contributed by atoms with Gasteiger partial charge in [-0.1, -0.05) is 6.92 Å². The summed E-state index contributed by atoms with van der Waals surface area (Å²) in [5.74, 6) is 5.33. The van der Waals surface area contributed by atoms with Crippen molar-refractivity contribution >= 4 is 11.6 Å². The Kier molecular flexibility index (Phi) is 4.05. The molecule has 1 aromatic rings. The van der Waals surface area contributed by atoms with E-state index in [9.17, 15) is 18.3 Å². The van der Waals surface area contributed by atoms with Crippen molar-refractivity contribution in [1.29, 1.82) is 0 Å². The summed E-state index contributed by atoms with van der Waals surface area (Å²) in [5.41, 5.74) is 1.35. The fraction of sp³-hybridized carbons (Fsp3) is 0.583. The second kappa shape index (κ2) is 5.45. The molecule has 1 fully saturated rings. The quantitative estimate of drug-likeness (QED) is 0.570. The number of pyridine rings is 1. The SMILES string of the molecule is CC1CN(c2cc(C(F)(F)F)cc(NN)n2)CCC1O. The summed E-state index contributed by atoms with van der Waals surface area (Å²) >= 11 is 0. The first-order chi connectivity index (χ1) is 9.31. The molecule has 1 saturated heterocycles. The summed E-state index contributed by atoms with van der Waals surface area (Å²) < 4.78 is 38.5. The van der Waals surface area contributed by atoms with Gasteiger partial charge in [-0.05, 0) is 24.5 Å². The molecule has 2 unspecified atom stereocenters. The van der Waals surface area contributed by atoms with Gasteiger partial charge >= 0.3 is 6.18 Å². The minimum atomic E-state index is -4.45. The topological polar surface area (TPSA) is 74.4 Å². The molecular formula is C12H17F3N4O. The molecule has 2 heterocycles. The van der Waals surface area contributed by atoms with E-state index in [0.29, 0.717) is 19.5 Å². The van der Waals surface area contributed by atoms with Gasteiger partial charge in [0, 0.05) is 13.1 Å². The number of nitrogens with zero attached hydrogens (tertiary/aromatic N) is 2. The number of aromatic nitrogens is 1. The lowest BCUT2D eigenvalue weighted by molar-refractivity contribution is -0.137. The van der Waals surface area contributed by atoms with Gasteiger partial charge in [0.25, 0.3) is 0 Å². The zero-order valence-electron chi connectivity index (χ0n) is 11.0. The molecule has 0 amide bonds. The molecule has 5 nitrogen and oxygen atoms in total. The minimum absolute atomic E-state index is 0.0191. The van der Waals surface area contributed by atoms with Gasteiger partial charge in [-0.3, -0.25) is 0 Å². The van der Waals surface area contributed by atoms with Gasteiger partial charge in [-0.2, -0.15) is 13.2 Å². The van der Waals surface area contributed by atoms with E-state index in [1.807, 2.05) is 6.92 Å². The van der Waals surface area contributed by atoms with Gasteiger partial charge in [0.05, 0.1) is 11.7 Å². The maximum Gasteiger partial charge on any atom is 0.416 e. The van der Waals surface area contributed by atoms with E-state index in [2.05, 4.69) is 10.4 Å². The Balaban J connectivity index is 2.31. The van der Waals surface area contributed by atoms with Crippen LogP contribution in [0.25, 0.3) is 0 Å². The Morgan fingerprint density at radius 2 is 2.15 bits per heavy atom. The fourth-order valence-electron chi connectivity index (χ4n) is 2.26. The Labute approximate surface area is 114 Å². The van der Waals surface area contributed by atoms with Crippen LogP contribution in [0.1, 0.15) is 18.9 Å². The molecule has 0 radical (unpaired) electrons. The molecule has 8 heteroatoms. The van der Waals surface area contributed by atoms with Crippen molar-refractivity contribution in [1.82, 2.24) is 4.98 Å². The molecule has 1 aliphatic heterocycles. The van der Waals surface area contributed by atoms with Gasteiger partial charge in [0.2, 0.25) is 0 Å². The van der Waals surface area contributed by atoms with Crippen LogP contribution in [0.3, 0.4) is 0 Å². The predicted octanol–water partition coefficient (Wildman–Crippen LogP) is 1.59. The van der Waals surface area contributed by atoms with Crippen LogP contribution in [0.15, 0.2) is 12.1 Å². The maximum absolute atomic E-state index is 12.8. The molecular weight excluding hydrogens is 273 g/mol. The number of rotatable bonds is 2. The Morgan fingerprint density at radius 1 is 1.45 bits per heavy atom. The molecule has 4 N–H and O–H groups in total. The molecule has 20 heavy (non-hydrogen) atoms. The number of hydrazine groups is 1. The molecule has 1 aliphatic rings. The Hall–Kier alpha value is -1.54. The molecule has 2 atom stereocenters. The van der Waals surface area contributed by atoms with Crippen molar-refractivity contribution in [3.63, 3.8) is 0 Å². The van der Waals surface area contributed by atoms with Crippen molar-refractivity contribution in [2.24, 2.45) is 11.8 Å². The van der Waals surface area contributed by atoms with Crippen molar-refractivity contribution < 1.29 is 18.3 Å². The average Bonchev–Trinajstić information content (AvgIpc) is 2.40.